The van der Waals surface area contributed by atoms with Crippen LogP contribution in [0.2, 0.25) is 0 Å². The van der Waals surface area contributed by atoms with Crippen molar-refractivity contribution in [3.05, 3.63) is 0 Å². The fourth-order valence-electron chi connectivity index (χ4n) is 0.167. The molecule has 0 aliphatic heterocycles. The van der Waals surface area contributed by atoms with Crippen LogP contribution in [-0.2, 0) is 19.1 Å². The molecule has 0 aromatic heterocycles. The van der Waals surface area contributed by atoms with Gasteiger partial charge in [0, 0.05) is 0 Å². The minimum atomic E-state index is -0.979. The Bertz CT molecular complexity index is 102. The van der Waals surface area contributed by atoms with Crippen LogP contribution in [0.4, 0.5) is 0 Å². The first kappa shape index (κ1) is 11.7. The van der Waals surface area contributed by atoms with Crippen LogP contribution < -0.4 is 29.6 Å². The maximum absolute atomic E-state index is 10.0. The maximum Gasteiger partial charge on any atom is 1.00 e. The first-order valence-electron chi connectivity index (χ1n) is 1.88. The summed E-state index contributed by atoms with van der Waals surface area (Å²) in [6.45, 7) is 0. The summed E-state index contributed by atoms with van der Waals surface area (Å²) in [7, 11) is 2.22. The Balaban J connectivity index is -0.000000245. The average Bonchev–Trinajstić information content (AvgIpc) is 1.84. The van der Waals surface area contributed by atoms with Crippen molar-refractivity contribution in [2.24, 2.45) is 0 Å². The van der Waals surface area contributed by atoms with E-state index in [0.717, 1.165) is 14.2 Å². The zero-order valence-electron chi connectivity index (χ0n) is 6.63. The summed E-state index contributed by atoms with van der Waals surface area (Å²) in [5.41, 5.74) is 0. The van der Waals surface area contributed by atoms with E-state index in [1.54, 1.807) is 0 Å². The van der Waals surface area contributed by atoms with Gasteiger partial charge in [0.2, 0.25) is 0 Å². The molecule has 0 N–H and O–H groups in total. The van der Waals surface area contributed by atoms with Crippen LogP contribution in [0.25, 0.3) is 0 Å². The summed E-state index contributed by atoms with van der Waals surface area (Å²) in [5, 5.41) is 0. The van der Waals surface area contributed by atoms with E-state index in [1.165, 1.54) is 0 Å². The topological polar surface area (TPSA) is 52.6 Å². The van der Waals surface area contributed by atoms with Crippen LogP contribution >= 0.6 is 0 Å². The second-order valence-corrected chi connectivity index (χ2v) is 0.983. The van der Waals surface area contributed by atoms with Crippen LogP contribution in [0.15, 0.2) is 0 Å². The Morgan fingerprint density at radius 3 is 1.44 bits per heavy atom. The number of carbonyl (C=O) groups is 2. The van der Waals surface area contributed by atoms with E-state index in [4.69, 9.17) is 0 Å². The molecular weight excluding hydrogens is 135 g/mol. The standard InChI is InChI=1S/C4H6O4.Na.H/c1-7-3(5)4(6)8-2;;/h1-2H3;;/q;+1;-1. The predicted molar refractivity (Wildman–Crippen MR) is 25.1 cm³/mol. The summed E-state index contributed by atoms with van der Waals surface area (Å²) in [6.07, 6.45) is 0. The minimum Gasteiger partial charge on any atom is -1.00 e. The molecule has 0 spiro atoms. The third-order valence-electron chi connectivity index (χ3n) is 0.537. The largest absolute Gasteiger partial charge is 1.00 e. The van der Waals surface area contributed by atoms with Crippen molar-refractivity contribution in [2.45, 2.75) is 0 Å². The smallest absolute Gasteiger partial charge is 1.00 e. The SMILES string of the molecule is COC(=O)C(=O)OC.[H-].[Na+]. The van der Waals surface area contributed by atoms with E-state index in [0.29, 0.717) is 0 Å². The second kappa shape index (κ2) is 6.07. The van der Waals surface area contributed by atoms with E-state index < -0.39 is 11.9 Å². The summed E-state index contributed by atoms with van der Waals surface area (Å²) in [6, 6.07) is 0. The van der Waals surface area contributed by atoms with Crippen LogP contribution in [-0.4, -0.2) is 26.2 Å². The Labute approximate surface area is 76.3 Å². The van der Waals surface area contributed by atoms with Gasteiger partial charge in [0.1, 0.15) is 0 Å². The molecule has 0 fully saturated rings. The first-order valence-corrected chi connectivity index (χ1v) is 1.88. The van der Waals surface area contributed by atoms with Gasteiger partial charge < -0.3 is 10.9 Å². The van der Waals surface area contributed by atoms with Crippen molar-refractivity contribution >= 4 is 11.9 Å². The third kappa shape index (κ3) is 4.44. The molecule has 0 aromatic rings. The monoisotopic (exact) mass is 142 g/mol. The predicted octanol–water partition coefficient (Wildman–Crippen LogP) is -3.55. The van der Waals surface area contributed by atoms with Crippen molar-refractivity contribution in [3.63, 3.8) is 0 Å². The van der Waals surface area contributed by atoms with Crippen LogP contribution in [0, 0.1) is 0 Å². The zero-order chi connectivity index (χ0) is 6.57. The van der Waals surface area contributed by atoms with Gasteiger partial charge in [-0.25, -0.2) is 9.59 Å². The van der Waals surface area contributed by atoms with E-state index in [-0.39, 0.29) is 31.0 Å². The van der Waals surface area contributed by atoms with Crippen LogP contribution in [0.3, 0.4) is 0 Å². The molecule has 0 saturated heterocycles. The quantitative estimate of drug-likeness (QED) is 0.199. The molecule has 0 bridgehead atoms. The van der Waals surface area contributed by atoms with Crippen LogP contribution in [0.5, 0.6) is 0 Å². The van der Waals surface area contributed by atoms with Crippen LogP contribution in [0.1, 0.15) is 1.43 Å². The van der Waals surface area contributed by atoms with Crippen molar-refractivity contribution in [1.29, 1.82) is 0 Å². The molecule has 0 rings (SSSR count). The Morgan fingerprint density at radius 2 is 1.33 bits per heavy atom. The fraction of sp³-hybridized carbons (Fsp3) is 0.500. The molecule has 0 heterocycles. The molecule has 0 amide bonds. The maximum atomic E-state index is 10.0. The summed E-state index contributed by atoms with van der Waals surface area (Å²) in [5.74, 6) is -1.96. The minimum absolute atomic E-state index is 0. The first-order chi connectivity index (χ1) is 3.72. The van der Waals surface area contributed by atoms with Crippen molar-refractivity contribution in [3.8, 4) is 0 Å². The van der Waals surface area contributed by atoms with Gasteiger partial charge in [0.25, 0.3) is 0 Å². The van der Waals surface area contributed by atoms with Gasteiger partial charge in [0.15, 0.2) is 0 Å². The molecular formula is C4H7NaO4. The van der Waals surface area contributed by atoms with Gasteiger partial charge in [-0.3, -0.25) is 0 Å². The molecule has 0 saturated carbocycles. The van der Waals surface area contributed by atoms with E-state index in [1.807, 2.05) is 0 Å². The molecule has 0 radical (unpaired) electrons. The number of ether oxygens (including phenoxy) is 2. The Hall–Kier alpha value is -0.0600. The molecule has 9 heavy (non-hydrogen) atoms. The number of carbonyl (C=O) groups excluding carboxylic acids is 2. The molecule has 0 aliphatic carbocycles. The molecule has 0 unspecified atom stereocenters. The Morgan fingerprint density at radius 1 is 1.11 bits per heavy atom. The number of esters is 2. The van der Waals surface area contributed by atoms with Gasteiger partial charge in [-0.05, 0) is 0 Å². The molecule has 4 nitrogen and oxygen atoms in total. The normalized spacial score (nSPS) is 6.89. The van der Waals surface area contributed by atoms with Gasteiger partial charge in [0.05, 0.1) is 14.2 Å². The van der Waals surface area contributed by atoms with Crippen molar-refractivity contribution < 1.29 is 50.0 Å². The number of methoxy groups -OCH3 is 2. The van der Waals surface area contributed by atoms with E-state index >= 15 is 0 Å². The van der Waals surface area contributed by atoms with Gasteiger partial charge in [-0.15, -0.1) is 0 Å². The molecule has 0 aliphatic rings. The molecule has 0 aromatic carbocycles. The Kier molecular flexibility index (Phi) is 7.89. The number of rotatable bonds is 0. The molecule has 5 heteroatoms. The van der Waals surface area contributed by atoms with E-state index in [2.05, 4.69) is 9.47 Å². The second-order valence-electron chi connectivity index (χ2n) is 0.983. The van der Waals surface area contributed by atoms with Crippen molar-refractivity contribution in [2.75, 3.05) is 14.2 Å². The molecule has 48 valence electrons. The number of hydrogen-bond acceptors (Lipinski definition) is 4. The summed E-state index contributed by atoms with van der Waals surface area (Å²) >= 11 is 0. The van der Waals surface area contributed by atoms with E-state index in [9.17, 15) is 9.59 Å². The van der Waals surface area contributed by atoms with Gasteiger partial charge in [-0.2, -0.15) is 0 Å². The number of hydrogen-bond donors (Lipinski definition) is 0. The summed E-state index contributed by atoms with van der Waals surface area (Å²) in [4.78, 5) is 20.1. The zero-order valence-corrected chi connectivity index (χ0v) is 7.63. The van der Waals surface area contributed by atoms with Gasteiger partial charge >= 0.3 is 41.5 Å². The summed E-state index contributed by atoms with van der Waals surface area (Å²) < 4.78 is 7.98. The van der Waals surface area contributed by atoms with Gasteiger partial charge in [-0.1, -0.05) is 0 Å². The third-order valence-corrected chi connectivity index (χ3v) is 0.537. The molecule has 0 atom stereocenters. The average molecular weight is 142 g/mol. The van der Waals surface area contributed by atoms with Crippen molar-refractivity contribution in [1.82, 2.24) is 0 Å². The fourth-order valence-corrected chi connectivity index (χ4v) is 0.167.